The fourth-order valence-electron chi connectivity index (χ4n) is 1.21. The average Bonchev–Trinajstić information content (AvgIpc) is 1.80. The quantitative estimate of drug-likeness (QED) is 0.490. The van der Waals surface area contributed by atoms with E-state index in [4.69, 9.17) is 5.11 Å². The molecule has 0 heterocycles. The van der Waals surface area contributed by atoms with Gasteiger partial charge in [-0.1, -0.05) is 18.6 Å². The molecule has 1 aliphatic rings. The van der Waals surface area contributed by atoms with E-state index in [0.29, 0.717) is 5.92 Å². The number of allylic oxidation sites excluding steroid dienone is 1. The Morgan fingerprint density at radius 3 is 2.78 bits per heavy atom. The van der Waals surface area contributed by atoms with Crippen molar-refractivity contribution in [3.8, 4) is 0 Å². The highest BCUT2D eigenvalue weighted by molar-refractivity contribution is 5.07. The van der Waals surface area contributed by atoms with Gasteiger partial charge in [-0.05, 0) is 25.7 Å². The minimum Gasteiger partial charge on any atom is -0.393 e. The monoisotopic (exact) mass is 126 g/mol. The lowest BCUT2D eigenvalue weighted by Gasteiger charge is -2.21. The SMILES string of the molecule is CC1=CCC(O)CC1C. The highest BCUT2D eigenvalue weighted by Gasteiger charge is 2.15. The molecule has 0 saturated carbocycles. The number of rotatable bonds is 0. The van der Waals surface area contributed by atoms with E-state index in [2.05, 4.69) is 19.9 Å². The van der Waals surface area contributed by atoms with Crippen molar-refractivity contribution < 1.29 is 5.11 Å². The van der Waals surface area contributed by atoms with E-state index in [1.807, 2.05) is 0 Å². The topological polar surface area (TPSA) is 20.2 Å². The fourth-order valence-corrected chi connectivity index (χ4v) is 1.21. The van der Waals surface area contributed by atoms with Gasteiger partial charge < -0.3 is 5.11 Å². The molecular weight excluding hydrogens is 112 g/mol. The standard InChI is InChI=1S/C8H14O/c1-6-3-4-8(9)5-7(6)2/h3,7-9H,4-5H2,1-2H3. The van der Waals surface area contributed by atoms with Crippen molar-refractivity contribution >= 4 is 0 Å². The van der Waals surface area contributed by atoms with Crippen LogP contribution in [0.1, 0.15) is 26.7 Å². The molecule has 1 N–H and O–H groups in total. The van der Waals surface area contributed by atoms with Gasteiger partial charge in [0.05, 0.1) is 6.10 Å². The maximum Gasteiger partial charge on any atom is 0.0580 e. The first-order chi connectivity index (χ1) is 4.20. The van der Waals surface area contributed by atoms with Crippen LogP contribution in [0.25, 0.3) is 0 Å². The van der Waals surface area contributed by atoms with Gasteiger partial charge in [0.1, 0.15) is 0 Å². The molecule has 0 amide bonds. The van der Waals surface area contributed by atoms with Gasteiger partial charge >= 0.3 is 0 Å². The molecule has 0 aromatic carbocycles. The van der Waals surface area contributed by atoms with Crippen molar-refractivity contribution in [3.63, 3.8) is 0 Å². The van der Waals surface area contributed by atoms with Crippen LogP contribution in [0.5, 0.6) is 0 Å². The van der Waals surface area contributed by atoms with Gasteiger partial charge in [-0.25, -0.2) is 0 Å². The summed E-state index contributed by atoms with van der Waals surface area (Å²) in [7, 11) is 0. The third-order valence-corrected chi connectivity index (χ3v) is 2.11. The largest absolute Gasteiger partial charge is 0.393 e. The molecule has 1 heteroatoms. The molecule has 9 heavy (non-hydrogen) atoms. The summed E-state index contributed by atoms with van der Waals surface area (Å²) in [6, 6.07) is 0. The van der Waals surface area contributed by atoms with E-state index in [-0.39, 0.29) is 6.10 Å². The van der Waals surface area contributed by atoms with Crippen LogP contribution < -0.4 is 0 Å². The highest BCUT2D eigenvalue weighted by Crippen LogP contribution is 2.23. The summed E-state index contributed by atoms with van der Waals surface area (Å²) >= 11 is 0. The highest BCUT2D eigenvalue weighted by atomic mass is 16.3. The van der Waals surface area contributed by atoms with Gasteiger partial charge in [0.15, 0.2) is 0 Å². The lowest BCUT2D eigenvalue weighted by Crippen LogP contribution is -2.16. The molecule has 0 bridgehead atoms. The summed E-state index contributed by atoms with van der Waals surface area (Å²) in [5.74, 6) is 0.591. The number of hydrogen-bond donors (Lipinski definition) is 1. The van der Waals surface area contributed by atoms with Crippen molar-refractivity contribution in [2.75, 3.05) is 0 Å². The number of aliphatic hydroxyl groups is 1. The van der Waals surface area contributed by atoms with E-state index in [1.54, 1.807) is 0 Å². The first kappa shape index (κ1) is 6.81. The van der Waals surface area contributed by atoms with Gasteiger partial charge in [-0.2, -0.15) is 0 Å². The normalized spacial score (nSPS) is 36.1. The minimum atomic E-state index is -0.0799. The molecular formula is C8H14O. The van der Waals surface area contributed by atoms with Crippen LogP contribution in [0, 0.1) is 5.92 Å². The maximum absolute atomic E-state index is 9.15. The van der Waals surface area contributed by atoms with Gasteiger partial charge in [-0.3, -0.25) is 0 Å². The molecule has 0 spiro atoms. The van der Waals surface area contributed by atoms with Crippen LogP contribution in [0.3, 0.4) is 0 Å². The number of hydrogen-bond acceptors (Lipinski definition) is 1. The number of aliphatic hydroxyl groups excluding tert-OH is 1. The van der Waals surface area contributed by atoms with Crippen molar-refractivity contribution in [3.05, 3.63) is 11.6 Å². The Morgan fingerprint density at radius 1 is 1.67 bits per heavy atom. The van der Waals surface area contributed by atoms with Crippen LogP contribution in [0.4, 0.5) is 0 Å². The smallest absolute Gasteiger partial charge is 0.0580 e. The first-order valence-corrected chi connectivity index (χ1v) is 3.55. The van der Waals surface area contributed by atoms with Crippen molar-refractivity contribution in [2.24, 2.45) is 5.92 Å². The predicted octanol–water partition coefficient (Wildman–Crippen LogP) is 1.72. The Bertz CT molecular complexity index is 127. The Morgan fingerprint density at radius 2 is 2.33 bits per heavy atom. The summed E-state index contributed by atoms with van der Waals surface area (Å²) in [5.41, 5.74) is 1.43. The summed E-state index contributed by atoms with van der Waals surface area (Å²) in [6.07, 6.45) is 3.86. The zero-order valence-electron chi connectivity index (χ0n) is 6.09. The molecule has 2 atom stereocenters. The second kappa shape index (κ2) is 2.53. The molecule has 1 nitrogen and oxygen atoms in total. The lowest BCUT2D eigenvalue weighted by atomic mass is 9.89. The summed E-state index contributed by atoms with van der Waals surface area (Å²) in [4.78, 5) is 0. The van der Waals surface area contributed by atoms with Crippen LogP contribution in [-0.2, 0) is 0 Å². The third-order valence-electron chi connectivity index (χ3n) is 2.11. The average molecular weight is 126 g/mol. The van der Waals surface area contributed by atoms with Gasteiger partial charge in [-0.15, -0.1) is 0 Å². The van der Waals surface area contributed by atoms with Crippen molar-refractivity contribution in [1.29, 1.82) is 0 Å². The molecule has 0 aromatic heterocycles. The van der Waals surface area contributed by atoms with Crippen LogP contribution in [0.2, 0.25) is 0 Å². The van der Waals surface area contributed by atoms with Crippen LogP contribution in [-0.4, -0.2) is 11.2 Å². The Labute approximate surface area is 56.4 Å². The minimum absolute atomic E-state index is 0.0799. The van der Waals surface area contributed by atoms with Gasteiger partial charge in [0.25, 0.3) is 0 Å². The van der Waals surface area contributed by atoms with E-state index in [9.17, 15) is 0 Å². The predicted molar refractivity (Wildman–Crippen MR) is 38.2 cm³/mol. The van der Waals surface area contributed by atoms with E-state index in [0.717, 1.165) is 12.8 Å². The van der Waals surface area contributed by atoms with E-state index < -0.39 is 0 Å². The maximum atomic E-state index is 9.15. The second-order valence-corrected chi connectivity index (χ2v) is 2.97. The lowest BCUT2D eigenvalue weighted by molar-refractivity contribution is 0.147. The zero-order chi connectivity index (χ0) is 6.85. The van der Waals surface area contributed by atoms with Crippen molar-refractivity contribution in [1.82, 2.24) is 0 Å². The Hall–Kier alpha value is -0.300. The molecule has 1 rings (SSSR count). The van der Waals surface area contributed by atoms with Crippen LogP contribution >= 0.6 is 0 Å². The zero-order valence-corrected chi connectivity index (χ0v) is 6.09. The first-order valence-electron chi connectivity index (χ1n) is 3.55. The molecule has 52 valence electrons. The van der Waals surface area contributed by atoms with E-state index >= 15 is 0 Å². The Balaban J connectivity index is 2.56. The van der Waals surface area contributed by atoms with E-state index in [1.165, 1.54) is 5.57 Å². The summed E-state index contributed by atoms with van der Waals surface area (Å²) < 4.78 is 0. The molecule has 0 aliphatic heterocycles. The molecule has 0 saturated heterocycles. The van der Waals surface area contributed by atoms with Gasteiger partial charge in [0.2, 0.25) is 0 Å². The summed E-state index contributed by atoms with van der Waals surface area (Å²) in [6.45, 7) is 4.30. The second-order valence-electron chi connectivity index (χ2n) is 2.97. The molecule has 0 aromatic rings. The summed E-state index contributed by atoms with van der Waals surface area (Å²) in [5, 5.41) is 9.15. The van der Waals surface area contributed by atoms with Gasteiger partial charge in [0, 0.05) is 0 Å². The molecule has 0 radical (unpaired) electrons. The Kier molecular flexibility index (Phi) is 1.91. The molecule has 0 fully saturated rings. The third kappa shape index (κ3) is 1.55. The molecule has 2 unspecified atom stereocenters. The van der Waals surface area contributed by atoms with Crippen molar-refractivity contribution in [2.45, 2.75) is 32.8 Å². The fraction of sp³-hybridized carbons (Fsp3) is 0.750. The molecule has 1 aliphatic carbocycles. The van der Waals surface area contributed by atoms with Crippen LogP contribution in [0.15, 0.2) is 11.6 Å².